The van der Waals surface area contributed by atoms with Gasteiger partial charge in [-0.2, -0.15) is 0 Å². The summed E-state index contributed by atoms with van der Waals surface area (Å²) in [5.74, 6) is 0. The van der Waals surface area contributed by atoms with Gasteiger partial charge in [0.1, 0.15) is 4.90 Å². The minimum absolute atomic E-state index is 0.0202. The highest BCUT2D eigenvalue weighted by molar-refractivity contribution is 9.10. The van der Waals surface area contributed by atoms with E-state index in [1.807, 2.05) is 0 Å². The first-order valence-electron chi connectivity index (χ1n) is 6.10. The van der Waals surface area contributed by atoms with Crippen molar-refractivity contribution in [3.05, 3.63) is 57.5 Å². The Kier molecular flexibility index (Phi) is 5.27. The fourth-order valence-corrected chi connectivity index (χ4v) is 3.87. The molecular formula is C14H13BrClNO3S. The van der Waals surface area contributed by atoms with Gasteiger partial charge in [-0.3, -0.25) is 4.72 Å². The van der Waals surface area contributed by atoms with Crippen LogP contribution in [0.1, 0.15) is 5.56 Å². The largest absolute Gasteiger partial charge is 0.396 e. The lowest BCUT2D eigenvalue weighted by molar-refractivity contribution is 0.299. The lowest BCUT2D eigenvalue weighted by Gasteiger charge is -2.10. The SMILES string of the molecule is O=S(=O)(Nc1ccc(CCO)cc1)c1ccc(Br)cc1Cl. The molecule has 0 spiro atoms. The lowest BCUT2D eigenvalue weighted by Crippen LogP contribution is -2.13. The summed E-state index contributed by atoms with van der Waals surface area (Å²) >= 11 is 9.20. The molecule has 0 bridgehead atoms. The monoisotopic (exact) mass is 389 g/mol. The van der Waals surface area contributed by atoms with Gasteiger partial charge in [-0.05, 0) is 42.3 Å². The van der Waals surface area contributed by atoms with Crippen molar-refractivity contribution in [1.29, 1.82) is 0 Å². The molecular weight excluding hydrogens is 378 g/mol. The van der Waals surface area contributed by atoms with Crippen molar-refractivity contribution >= 4 is 43.2 Å². The van der Waals surface area contributed by atoms with Gasteiger partial charge in [0, 0.05) is 16.8 Å². The van der Waals surface area contributed by atoms with Crippen LogP contribution in [0, 0.1) is 0 Å². The number of aliphatic hydroxyl groups excluding tert-OH is 1. The molecule has 0 aliphatic carbocycles. The van der Waals surface area contributed by atoms with Gasteiger partial charge in [0.15, 0.2) is 0 Å². The van der Waals surface area contributed by atoms with Gasteiger partial charge in [0.2, 0.25) is 0 Å². The minimum atomic E-state index is -3.74. The molecule has 0 unspecified atom stereocenters. The Labute approximate surface area is 136 Å². The van der Waals surface area contributed by atoms with E-state index in [4.69, 9.17) is 16.7 Å². The van der Waals surface area contributed by atoms with Gasteiger partial charge in [0.05, 0.1) is 5.02 Å². The first kappa shape index (κ1) is 16.3. The predicted molar refractivity (Wildman–Crippen MR) is 87.2 cm³/mol. The molecule has 21 heavy (non-hydrogen) atoms. The maximum atomic E-state index is 12.3. The van der Waals surface area contributed by atoms with Gasteiger partial charge in [-0.1, -0.05) is 39.7 Å². The second-order valence-electron chi connectivity index (χ2n) is 4.35. The molecule has 0 amide bonds. The van der Waals surface area contributed by atoms with Crippen molar-refractivity contribution in [3.8, 4) is 0 Å². The Morgan fingerprint density at radius 1 is 1.14 bits per heavy atom. The molecule has 112 valence electrons. The molecule has 0 aliphatic heterocycles. The van der Waals surface area contributed by atoms with Crippen LogP contribution in [0.15, 0.2) is 51.8 Å². The smallest absolute Gasteiger partial charge is 0.263 e. The van der Waals surface area contributed by atoms with Crippen LogP contribution in [0.25, 0.3) is 0 Å². The molecule has 2 aromatic rings. The summed E-state index contributed by atoms with van der Waals surface area (Å²) < 4.78 is 27.8. The maximum Gasteiger partial charge on any atom is 0.263 e. The fourth-order valence-electron chi connectivity index (χ4n) is 1.77. The van der Waals surface area contributed by atoms with Crippen molar-refractivity contribution in [1.82, 2.24) is 0 Å². The first-order valence-corrected chi connectivity index (χ1v) is 8.75. The lowest BCUT2D eigenvalue weighted by atomic mass is 10.1. The van der Waals surface area contributed by atoms with Crippen LogP contribution in [0.3, 0.4) is 0 Å². The third-order valence-corrected chi connectivity index (χ3v) is 5.15. The molecule has 7 heteroatoms. The molecule has 0 saturated carbocycles. The number of hydrogen-bond acceptors (Lipinski definition) is 3. The third kappa shape index (κ3) is 4.20. The van der Waals surface area contributed by atoms with Crippen LogP contribution < -0.4 is 4.72 Å². The van der Waals surface area contributed by atoms with Crippen LogP contribution in [0.4, 0.5) is 5.69 Å². The summed E-state index contributed by atoms with van der Waals surface area (Å²) in [6, 6.07) is 11.4. The van der Waals surface area contributed by atoms with E-state index >= 15 is 0 Å². The molecule has 0 radical (unpaired) electrons. The molecule has 0 saturated heterocycles. The van der Waals surface area contributed by atoms with E-state index in [9.17, 15) is 8.42 Å². The number of aliphatic hydroxyl groups is 1. The number of nitrogens with one attached hydrogen (secondary N) is 1. The second-order valence-corrected chi connectivity index (χ2v) is 7.32. The summed E-state index contributed by atoms with van der Waals surface area (Å²) in [7, 11) is -3.74. The molecule has 0 fully saturated rings. The van der Waals surface area contributed by atoms with E-state index in [0.29, 0.717) is 16.6 Å². The summed E-state index contributed by atoms with van der Waals surface area (Å²) in [4.78, 5) is 0.0202. The van der Waals surface area contributed by atoms with Gasteiger partial charge >= 0.3 is 0 Å². The Hall–Kier alpha value is -1.08. The highest BCUT2D eigenvalue weighted by Gasteiger charge is 2.18. The van der Waals surface area contributed by atoms with E-state index in [0.717, 1.165) is 5.56 Å². The topological polar surface area (TPSA) is 66.4 Å². The average Bonchev–Trinajstić information content (AvgIpc) is 2.40. The summed E-state index contributed by atoms with van der Waals surface area (Å²) in [5.41, 5.74) is 1.37. The molecule has 0 aliphatic rings. The van der Waals surface area contributed by atoms with Crippen LogP contribution in [0.5, 0.6) is 0 Å². The maximum absolute atomic E-state index is 12.3. The molecule has 0 heterocycles. The van der Waals surface area contributed by atoms with Gasteiger partial charge in [-0.25, -0.2) is 8.42 Å². The molecule has 2 aromatic carbocycles. The zero-order valence-electron chi connectivity index (χ0n) is 10.9. The number of benzene rings is 2. The average molecular weight is 391 g/mol. The second kappa shape index (κ2) is 6.79. The van der Waals surface area contributed by atoms with E-state index in [1.165, 1.54) is 12.1 Å². The van der Waals surface area contributed by atoms with Crippen LogP contribution in [0.2, 0.25) is 5.02 Å². The molecule has 4 nitrogen and oxygen atoms in total. The standard InChI is InChI=1S/C14H13BrClNO3S/c15-11-3-6-14(13(16)9-11)21(19,20)17-12-4-1-10(2-5-12)7-8-18/h1-6,9,17-18H,7-8H2. The van der Waals surface area contributed by atoms with E-state index < -0.39 is 10.0 Å². The number of sulfonamides is 1. The molecule has 2 N–H and O–H groups in total. The first-order chi connectivity index (χ1) is 9.92. The Balaban J connectivity index is 2.24. The van der Waals surface area contributed by atoms with Crippen molar-refractivity contribution in [2.24, 2.45) is 0 Å². The van der Waals surface area contributed by atoms with Gasteiger partial charge in [-0.15, -0.1) is 0 Å². The normalized spacial score (nSPS) is 11.4. The highest BCUT2D eigenvalue weighted by atomic mass is 79.9. The van der Waals surface area contributed by atoms with E-state index in [2.05, 4.69) is 20.7 Å². The zero-order valence-corrected chi connectivity index (χ0v) is 14.0. The van der Waals surface area contributed by atoms with Gasteiger partial charge in [0.25, 0.3) is 10.0 Å². The summed E-state index contributed by atoms with van der Waals surface area (Å²) in [6.45, 7) is 0.0551. The molecule has 0 aromatic heterocycles. The summed E-state index contributed by atoms with van der Waals surface area (Å²) in [6.07, 6.45) is 0.533. The fraction of sp³-hybridized carbons (Fsp3) is 0.143. The predicted octanol–water partition coefficient (Wildman–Crippen LogP) is 3.44. The van der Waals surface area contributed by atoms with Crippen LogP contribution >= 0.6 is 27.5 Å². The van der Waals surface area contributed by atoms with Crippen LogP contribution in [-0.4, -0.2) is 20.1 Å². The van der Waals surface area contributed by atoms with E-state index in [1.54, 1.807) is 30.3 Å². The Morgan fingerprint density at radius 3 is 2.38 bits per heavy atom. The van der Waals surface area contributed by atoms with Crippen molar-refractivity contribution in [2.75, 3.05) is 11.3 Å². The van der Waals surface area contributed by atoms with Crippen molar-refractivity contribution in [2.45, 2.75) is 11.3 Å². The zero-order chi connectivity index (χ0) is 15.5. The highest BCUT2D eigenvalue weighted by Crippen LogP contribution is 2.27. The Morgan fingerprint density at radius 2 is 1.81 bits per heavy atom. The third-order valence-electron chi connectivity index (χ3n) is 2.79. The van der Waals surface area contributed by atoms with Gasteiger partial charge < -0.3 is 5.11 Å². The minimum Gasteiger partial charge on any atom is -0.396 e. The molecule has 2 rings (SSSR count). The summed E-state index contributed by atoms with van der Waals surface area (Å²) in [5, 5.41) is 8.99. The van der Waals surface area contributed by atoms with Crippen LogP contribution in [-0.2, 0) is 16.4 Å². The van der Waals surface area contributed by atoms with Crippen molar-refractivity contribution in [3.63, 3.8) is 0 Å². The number of hydrogen-bond donors (Lipinski definition) is 2. The quantitative estimate of drug-likeness (QED) is 0.822. The van der Waals surface area contributed by atoms with Crippen molar-refractivity contribution < 1.29 is 13.5 Å². The molecule has 0 atom stereocenters. The number of halogens is 2. The number of anilines is 1. The Bertz CT molecular complexity index is 732. The number of rotatable bonds is 5. The van der Waals surface area contributed by atoms with E-state index in [-0.39, 0.29) is 16.5 Å².